The predicted octanol–water partition coefficient (Wildman–Crippen LogP) is 3.75. The van der Waals surface area contributed by atoms with Crippen LogP contribution in [0.5, 0.6) is 5.75 Å². The van der Waals surface area contributed by atoms with Crippen molar-refractivity contribution in [2.24, 2.45) is 0 Å². The van der Waals surface area contributed by atoms with Gasteiger partial charge in [-0.25, -0.2) is 8.42 Å². The van der Waals surface area contributed by atoms with Crippen LogP contribution >= 0.6 is 0 Å². The first-order chi connectivity index (χ1) is 15.8. The van der Waals surface area contributed by atoms with Crippen molar-refractivity contribution in [3.05, 3.63) is 59.9 Å². The number of sulfonamides is 1. The normalized spacial score (nSPS) is 15.5. The topological polar surface area (TPSA) is 88.6 Å². The Labute approximate surface area is 190 Å². The van der Waals surface area contributed by atoms with Crippen LogP contribution in [0.2, 0.25) is 0 Å². The summed E-state index contributed by atoms with van der Waals surface area (Å²) in [5.41, 5.74) is 0.563. The van der Waals surface area contributed by atoms with Gasteiger partial charge in [-0.3, -0.25) is 9.78 Å². The fourth-order valence-corrected chi connectivity index (χ4v) is 4.57. The number of benzene rings is 1. The predicted molar refractivity (Wildman–Crippen MR) is 107 cm³/mol. The summed E-state index contributed by atoms with van der Waals surface area (Å²) < 4.78 is 105. The summed E-state index contributed by atoms with van der Waals surface area (Å²) in [5, 5.41) is 1.75. The average Bonchev–Trinajstić information content (AvgIpc) is 2.76. The zero-order valence-electron chi connectivity index (χ0n) is 17.2. The molecule has 7 nitrogen and oxygen atoms in total. The highest BCUT2D eigenvalue weighted by atomic mass is 32.2. The summed E-state index contributed by atoms with van der Waals surface area (Å²) in [5.74, 6) is -1.59. The molecule has 0 fully saturated rings. The van der Waals surface area contributed by atoms with Gasteiger partial charge in [-0.1, -0.05) is 12.1 Å². The van der Waals surface area contributed by atoms with E-state index in [0.717, 1.165) is 28.6 Å². The monoisotopic (exact) mass is 509 g/mol. The van der Waals surface area contributed by atoms with Crippen LogP contribution in [0.15, 0.2) is 53.6 Å². The molecule has 1 aliphatic heterocycles. The van der Waals surface area contributed by atoms with E-state index in [0.29, 0.717) is 5.57 Å². The van der Waals surface area contributed by atoms with E-state index in [-0.39, 0.29) is 35.7 Å². The maximum Gasteiger partial charge on any atom is 0.573 e. The van der Waals surface area contributed by atoms with E-state index in [2.05, 4.69) is 9.72 Å². The van der Waals surface area contributed by atoms with Crippen molar-refractivity contribution in [2.45, 2.75) is 23.9 Å². The number of carbonyl (C=O) groups is 1. The molecule has 34 heavy (non-hydrogen) atoms. The fraction of sp³-hybridized carbons (Fsp3) is 0.300. The average molecular weight is 509 g/mol. The van der Waals surface area contributed by atoms with Gasteiger partial charge in [0.1, 0.15) is 18.0 Å². The minimum atomic E-state index is -4.91. The molecule has 2 aromatic rings. The highest BCUT2D eigenvalue weighted by Gasteiger charge is 2.32. The quantitative estimate of drug-likeness (QED) is 0.600. The van der Waals surface area contributed by atoms with Crippen molar-refractivity contribution in [3.8, 4) is 5.75 Å². The number of halogens is 6. The van der Waals surface area contributed by atoms with Gasteiger partial charge in [0.25, 0.3) is 5.91 Å². The van der Waals surface area contributed by atoms with Gasteiger partial charge in [0.15, 0.2) is 0 Å². The van der Waals surface area contributed by atoms with Gasteiger partial charge >= 0.3 is 12.5 Å². The number of alkyl halides is 6. The van der Waals surface area contributed by atoms with Gasteiger partial charge in [0, 0.05) is 24.8 Å². The third-order valence-electron chi connectivity index (χ3n) is 4.69. The number of aromatic nitrogens is 1. The standard InChI is InChI=1S/C20H17F6N3O4S/c21-19(22,23)12-28-18(30)17-16(2-1-9-27-17)13-7-10-29(11-8-13)34(31,32)15-5-3-14(4-6-15)33-20(24,25)26/h1-7,9H,8,10-12H2,(H,28,30). The molecule has 0 radical (unpaired) electrons. The Kier molecular flexibility index (Phi) is 7.21. The van der Waals surface area contributed by atoms with E-state index in [9.17, 15) is 39.6 Å². The van der Waals surface area contributed by atoms with Gasteiger partial charge < -0.3 is 10.1 Å². The number of hydrogen-bond donors (Lipinski definition) is 1. The lowest BCUT2D eigenvalue weighted by Crippen LogP contribution is -2.36. The van der Waals surface area contributed by atoms with Gasteiger partial charge in [-0.15, -0.1) is 13.2 Å². The summed E-state index contributed by atoms with van der Waals surface area (Å²) in [6, 6.07) is 6.72. The van der Waals surface area contributed by atoms with Crippen LogP contribution in [0.25, 0.3) is 5.57 Å². The van der Waals surface area contributed by atoms with Crippen molar-refractivity contribution < 1.29 is 44.3 Å². The number of nitrogens with one attached hydrogen (secondary N) is 1. The van der Waals surface area contributed by atoms with Crippen LogP contribution in [0.1, 0.15) is 22.5 Å². The Balaban J connectivity index is 1.75. The molecular weight excluding hydrogens is 492 g/mol. The minimum Gasteiger partial charge on any atom is -0.406 e. The number of rotatable bonds is 6. The molecule has 14 heteroatoms. The van der Waals surface area contributed by atoms with Gasteiger partial charge in [0.2, 0.25) is 10.0 Å². The van der Waals surface area contributed by atoms with Crippen molar-refractivity contribution in [1.82, 2.24) is 14.6 Å². The van der Waals surface area contributed by atoms with Crippen LogP contribution in [0, 0.1) is 0 Å². The summed E-state index contributed by atoms with van der Waals surface area (Å²) in [6.45, 7) is -1.69. The zero-order valence-corrected chi connectivity index (χ0v) is 18.0. The summed E-state index contributed by atoms with van der Waals surface area (Å²) >= 11 is 0. The lowest BCUT2D eigenvalue weighted by Gasteiger charge is -2.26. The highest BCUT2D eigenvalue weighted by Crippen LogP contribution is 2.29. The molecule has 0 spiro atoms. The molecule has 3 rings (SSSR count). The van der Waals surface area contributed by atoms with Crippen molar-refractivity contribution >= 4 is 21.5 Å². The van der Waals surface area contributed by atoms with E-state index in [4.69, 9.17) is 0 Å². The highest BCUT2D eigenvalue weighted by molar-refractivity contribution is 7.89. The maximum atomic E-state index is 12.8. The van der Waals surface area contributed by atoms with Crippen molar-refractivity contribution in [1.29, 1.82) is 0 Å². The van der Waals surface area contributed by atoms with E-state index in [1.807, 2.05) is 0 Å². The molecule has 1 aliphatic rings. The molecule has 0 saturated carbocycles. The van der Waals surface area contributed by atoms with E-state index < -0.39 is 40.8 Å². The summed E-state index contributed by atoms with van der Waals surface area (Å²) in [4.78, 5) is 15.8. The van der Waals surface area contributed by atoms with E-state index >= 15 is 0 Å². The van der Waals surface area contributed by atoms with Crippen LogP contribution in [-0.4, -0.2) is 55.8 Å². The Morgan fingerprint density at radius 3 is 2.32 bits per heavy atom. The smallest absolute Gasteiger partial charge is 0.406 e. The number of carbonyl (C=O) groups excluding carboxylic acids is 1. The molecule has 0 saturated heterocycles. The third-order valence-corrected chi connectivity index (χ3v) is 6.56. The molecule has 1 aromatic heterocycles. The third kappa shape index (κ3) is 6.47. The second kappa shape index (κ2) is 9.62. The maximum absolute atomic E-state index is 12.8. The first kappa shape index (κ1) is 25.5. The number of pyridine rings is 1. The SMILES string of the molecule is O=C(NCC(F)(F)F)c1ncccc1C1=CCN(S(=O)(=O)c2ccc(OC(F)(F)F)cc2)CC1. The van der Waals surface area contributed by atoms with Gasteiger partial charge in [0.05, 0.1) is 4.90 Å². The Bertz CT molecular complexity index is 1180. The number of nitrogens with zero attached hydrogens (tertiary/aromatic N) is 2. The second-order valence-corrected chi connectivity index (χ2v) is 9.00. The fourth-order valence-electron chi connectivity index (χ4n) is 3.19. The van der Waals surface area contributed by atoms with Gasteiger partial charge in [-0.2, -0.15) is 17.5 Å². The minimum absolute atomic E-state index is 0.0343. The lowest BCUT2D eigenvalue weighted by atomic mass is 9.98. The van der Waals surface area contributed by atoms with Crippen molar-refractivity contribution in [2.75, 3.05) is 19.6 Å². The largest absolute Gasteiger partial charge is 0.573 e. The van der Waals surface area contributed by atoms with Crippen LogP contribution in [-0.2, 0) is 10.0 Å². The molecule has 0 bridgehead atoms. The number of hydrogen-bond acceptors (Lipinski definition) is 5. The van der Waals surface area contributed by atoms with Crippen molar-refractivity contribution in [3.63, 3.8) is 0 Å². The molecule has 0 unspecified atom stereocenters. The zero-order chi connectivity index (χ0) is 25.1. The molecule has 0 atom stereocenters. The molecule has 184 valence electrons. The van der Waals surface area contributed by atoms with E-state index in [1.54, 1.807) is 5.32 Å². The van der Waals surface area contributed by atoms with Gasteiger partial charge in [-0.05, 0) is 42.3 Å². The molecule has 1 amide bonds. The molecule has 0 aliphatic carbocycles. The Morgan fingerprint density at radius 2 is 1.76 bits per heavy atom. The van der Waals surface area contributed by atoms with E-state index in [1.165, 1.54) is 24.4 Å². The second-order valence-electron chi connectivity index (χ2n) is 7.06. The molecule has 1 N–H and O–H groups in total. The molecular formula is C20H17F6N3O4S. The number of amides is 1. The summed E-state index contributed by atoms with van der Waals surface area (Å²) in [7, 11) is -4.05. The Hall–Kier alpha value is -3.13. The Morgan fingerprint density at radius 1 is 1.09 bits per heavy atom. The lowest BCUT2D eigenvalue weighted by molar-refractivity contribution is -0.274. The van der Waals surface area contributed by atoms with Crippen LogP contribution in [0.3, 0.4) is 0 Å². The summed E-state index contributed by atoms with van der Waals surface area (Å²) in [6.07, 6.45) is -6.64. The first-order valence-electron chi connectivity index (χ1n) is 9.61. The molecule has 1 aromatic carbocycles. The first-order valence-corrected chi connectivity index (χ1v) is 11.1. The molecule has 2 heterocycles. The van der Waals surface area contributed by atoms with Crippen LogP contribution < -0.4 is 10.1 Å². The van der Waals surface area contributed by atoms with Crippen LogP contribution in [0.4, 0.5) is 26.3 Å². The number of ether oxygens (including phenoxy) is 1.